The Hall–Kier alpha value is -1.19. The van der Waals surface area contributed by atoms with E-state index < -0.39 is 10.2 Å². The van der Waals surface area contributed by atoms with Gasteiger partial charge in [-0.2, -0.15) is 8.42 Å². The molecule has 3 rings (SSSR count). The maximum atomic E-state index is 11.5. The van der Waals surface area contributed by atoms with Gasteiger partial charge >= 0.3 is 0 Å². The van der Waals surface area contributed by atoms with Crippen LogP contribution in [0.1, 0.15) is 44.1 Å². The van der Waals surface area contributed by atoms with Crippen LogP contribution in [-0.4, -0.2) is 59.2 Å². The van der Waals surface area contributed by atoms with Gasteiger partial charge in [-0.05, 0) is 76.4 Å². The number of hydrogen-bond acceptors (Lipinski definition) is 5. The highest BCUT2D eigenvalue weighted by Gasteiger charge is 2.38. The molecule has 2 aliphatic rings. The van der Waals surface area contributed by atoms with Crippen LogP contribution in [-0.2, 0) is 15.6 Å². The first-order valence-corrected chi connectivity index (χ1v) is 11.7. The second-order valence-electron chi connectivity index (χ2n) is 8.40. The van der Waals surface area contributed by atoms with Gasteiger partial charge in [0.2, 0.25) is 0 Å². The molecule has 28 heavy (non-hydrogen) atoms. The van der Waals surface area contributed by atoms with Crippen LogP contribution in [0.15, 0.2) is 24.3 Å². The maximum absolute atomic E-state index is 11.5. The summed E-state index contributed by atoms with van der Waals surface area (Å²) < 4.78 is 31.0. The number of likely N-dealkylation sites (tertiary alicyclic amines) is 1. The number of piperidine rings is 1. The highest BCUT2D eigenvalue weighted by atomic mass is 32.2. The van der Waals surface area contributed by atoms with Crippen LogP contribution in [0.2, 0.25) is 0 Å². The fourth-order valence-corrected chi connectivity index (χ4v) is 5.08. The molecule has 0 unspecified atom stereocenters. The molecule has 0 amide bonds. The zero-order valence-electron chi connectivity index (χ0n) is 17.0. The van der Waals surface area contributed by atoms with E-state index in [1.807, 2.05) is 18.2 Å². The largest absolute Gasteiger partial charge is 0.497 e. The first kappa shape index (κ1) is 21.5. The number of nitrogens with zero attached hydrogens (tertiary/aromatic N) is 1. The van der Waals surface area contributed by atoms with E-state index >= 15 is 0 Å². The summed E-state index contributed by atoms with van der Waals surface area (Å²) in [7, 11) is 0.0997. The molecular weight excluding hydrogens is 376 g/mol. The number of nitrogens with one attached hydrogen (secondary N) is 2. The van der Waals surface area contributed by atoms with Crippen molar-refractivity contribution >= 4 is 10.2 Å². The van der Waals surface area contributed by atoms with Crippen molar-refractivity contribution in [1.29, 1.82) is 0 Å². The molecule has 0 radical (unpaired) electrons. The number of methoxy groups -OCH3 is 1. The summed E-state index contributed by atoms with van der Waals surface area (Å²) in [5.41, 5.74) is 0.854. The SMILES string of the molecule is COc1cccc([C@]2(CNS(N)(=O)=O)CC[C@@H](NC3CCN(C)CC3)CC2)c1. The van der Waals surface area contributed by atoms with Gasteiger partial charge in [-0.15, -0.1) is 0 Å². The highest BCUT2D eigenvalue weighted by Crippen LogP contribution is 2.40. The predicted molar refractivity (Wildman–Crippen MR) is 112 cm³/mol. The van der Waals surface area contributed by atoms with Crippen LogP contribution < -0.4 is 19.9 Å². The van der Waals surface area contributed by atoms with Crippen LogP contribution in [0.4, 0.5) is 0 Å². The molecule has 0 spiro atoms. The lowest BCUT2D eigenvalue weighted by molar-refractivity contribution is 0.191. The third kappa shape index (κ3) is 5.67. The van der Waals surface area contributed by atoms with E-state index in [0.29, 0.717) is 18.6 Å². The first-order valence-electron chi connectivity index (χ1n) is 10.2. The van der Waals surface area contributed by atoms with E-state index in [2.05, 4.69) is 28.1 Å². The molecule has 8 heteroatoms. The maximum Gasteiger partial charge on any atom is 0.274 e. The standard InChI is InChI=1S/C20H34N4O3S/c1-24-12-8-18(9-13-24)23-17-6-10-20(11-7-17,15-22-28(21,25)26)16-4-3-5-19(14-16)27-2/h3-5,14,17-18,22-23H,6-13,15H2,1-2H3,(H2,21,25,26)/t17-,20-. The monoisotopic (exact) mass is 410 g/mol. The summed E-state index contributed by atoms with van der Waals surface area (Å²) in [5, 5.41) is 9.08. The Bertz CT molecular complexity index is 740. The van der Waals surface area contributed by atoms with E-state index in [1.54, 1.807) is 7.11 Å². The van der Waals surface area contributed by atoms with Crippen LogP contribution >= 0.6 is 0 Å². The number of ether oxygens (including phenoxy) is 1. The minimum Gasteiger partial charge on any atom is -0.497 e. The van der Waals surface area contributed by atoms with Gasteiger partial charge in [0, 0.05) is 24.0 Å². The van der Waals surface area contributed by atoms with E-state index in [1.165, 1.54) is 12.8 Å². The molecule has 1 aliphatic carbocycles. The van der Waals surface area contributed by atoms with Crippen LogP contribution in [0, 0.1) is 0 Å². The summed E-state index contributed by atoms with van der Waals surface area (Å²) in [6.45, 7) is 2.62. The normalized spacial score (nSPS) is 27.6. The Morgan fingerprint density at radius 1 is 1.18 bits per heavy atom. The molecule has 0 atom stereocenters. The molecule has 4 N–H and O–H groups in total. The molecule has 1 aliphatic heterocycles. The van der Waals surface area contributed by atoms with Crippen LogP contribution in [0.3, 0.4) is 0 Å². The summed E-state index contributed by atoms with van der Waals surface area (Å²) in [4.78, 5) is 2.38. The van der Waals surface area contributed by atoms with Crippen LogP contribution in [0.5, 0.6) is 5.75 Å². The minimum absolute atomic E-state index is 0.258. The number of benzene rings is 1. The van der Waals surface area contributed by atoms with Crippen molar-refractivity contribution < 1.29 is 13.2 Å². The molecule has 1 saturated carbocycles. The fourth-order valence-electron chi connectivity index (χ4n) is 4.60. The van der Waals surface area contributed by atoms with Crippen molar-refractivity contribution in [3.05, 3.63) is 29.8 Å². The lowest BCUT2D eigenvalue weighted by atomic mass is 9.68. The van der Waals surface area contributed by atoms with E-state index in [9.17, 15) is 8.42 Å². The summed E-state index contributed by atoms with van der Waals surface area (Å²) >= 11 is 0. The molecule has 0 bridgehead atoms. The Balaban J connectivity index is 1.69. The Morgan fingerprint density at radius 3 is 2.43 bits per heavy atom. The van der Waals surface area contributed by atoms with Gasteiger partial charge in [-0.25, -0.2) is 9.86 Å². The van der Waals surface area contributed by atoms with E-state index in [4.69, 9.17) is 9.88 Å². The van der Waals surface area contributed by atoms with Gasteiger partial charge in [0.05, 0.1) is 7.11 Å². The van der Waals surface area contributed by atoms with Crippen molar-refractivity contribution in [3.8, 4) is 5.75 Å². The molecular formula is C20H34N4O3S. The molecule has 0 aromatic heterocycles. The smallest absolute Gasteiger partial charge is 0.274 e. The van der Waals surface area contributed by atoms with Gasteiger partial charge in [-0.1, -0.05) is 12.1 Å². The van der Waals surface area contributed by atoms with Gasteiger partial charge in [-0.3, -0.25) is 0 Å². The first-order chi connectivity index (χ1) is 13.3. The quantitative estimate of drug-likeness (QED) is 0.631. The molecule has 1 aromatic rings. The van der Waals surface area contributed by atoms with Crippen molar-refractivity contribution in [2.45, 2.75) is 56.0 Å². The highest BCUT2D eigenvalue weighted by molar-refractivity contribution is 7.87. The third-order valence-corrected chi connectivity index (χ3v) is 6.97. The Morgan fingerprint density at radius 2 is 1.82 bits per heavy atom. The third-order valence-electron chi connectivity index (χ3n) is 6.43. The molecule has 158 valence electrons. The Kier molecular flexibility index (Phi) is 6.98. The van der Waals surface area contributed by atoms with Gasteiger partial charge in [0.1, 0.15) is 5.75 Å². The number of rotatable bonds is 7. The average Bonchev–Trinajstić information content (AvgIpc) is 2.69. The summed E-state index contributed by atoms with van der Waals surface area (Å²) in [5.74, 6) is 0.791. The van der Waals surface area contributed by atoms with Crippen molar-refractivity contribution in [3.63, 3.8) is 0 Å². The van der Waals surface area contributed by atoms with Gasteiger partial charge in [0.15, 0.2) is 0 Å². The van der Waals surface area contributed by atoms with E-state index in [-0.39, 0.29) is 5.41 Å². The fraction of sp³-hybridized carbons (Fsp3) is 0.700. The lowest BCUT2D eigenvalue weighted by Gasteiger charge is -2.42. The zero-order valence-corrected chi connectivity index (χ0v) is 17.8. The average molecular weight is 411 g/mol. The molecule has 7 nitrogen and oxygen atoms in total. The van der Waals surface area contributed by atoms with Gasteiger partial charge in [0.25, 0.3) is 10.2 Å². The summed E-state index contributed by atoms with van der Waals surface area (Å²) in [6, 6.07) is 9.05. The molecule has 1 aromatic carbocycles. The number of nitrogens with two attached hydrogens (primary N) is 1. The Labute approximate surface area is 169 Å². The van der Waals surface area contributed by atoms with Gasteiger partial charge < -0.3 is 15.0 Å². The van der Waals surface area contributed by atoms with Crippen molar-refractivity contribution in [1.82, 2.24) is 14.9 Å². The second kappa shape index (κ2) is 9.09. The van der Waals surface area contributed by atoms with Crippen LogP contribution in [0.25, 0.3) is 0 Å². The predicted octanol–water partition coefficient (Wildman–Crippen LogP) is 1.35. The second-order valence-corrected chi connectivity index (χ2v) is 9.78. The summed E-state index contributed by atoms with van der Waals surface area (Å²) in [6.07, 6.45) is 6.26. The zero-order chi connectivity index (χ0) is 20.2. The minimum atomic E-state index is -3.73. The molecule has 1 heterocycles. The number of hydrogen-bond donors (Lipinski definition) is 3. The van der Waals surface area contributed by atoms with E-state index in [0.717, 1.165) is 50.1 Å². The molecule has 2 fully saturated rings. The van der Waals surface area contributed by atoms with Crippen molar-refractivity contribution in [2.75, 3.05) is 33.8 Å². The topological polar surface area (TPSA) is 96.7 Å². The molecule has 1 saturated heterocycles. The lowest BCUT2D eigenvalue weighted by Crippen LogP contribution is -2.50. The van der Waals surface area contributed by atoms with Crippen molar-refractivity contribution in [2.24, 2.45) is 5.14 Å².